The summed E-state index contributed by atoms with van der Waals surface area (Å²) in [6.45, 7) is 2.29. The number of carboxylic acids is 1. The number of amides is 1. The molecule has 0 aromatic carbocycles. The summed E-state index contributed by atoms with van der Waals surface area (Å²) in [6.07, 6.45) is 5.01. The minimum absolute atomic E-state index is 0.0218. The number of piperidine rings is 1. The second kappa shape index (κ2) is 5.82. The van der Waals surface area contributed by atoms with Crippen LogP contribution in [0.1, 0.15) is 25.3 Å². The van der Waals surface area contributed by atoms with E-state index in [9.17, 15) is 9.59 Å². The topological polar surface area (TPSA) is 70.5 Å². The number of rotatable bonds is 3. The highest BCUT2D eigenvalue weighted by Crippen LogP contribution is 2.22. The van der Waals surface area contributed by atoms with Gasteiger partial charge in [0.25, 0.3) is 0 Å². The van der Waals surface area contributed by atoms with E-state index >= 15 is 0 Å². The molecule has 0 unspecified atom stereocenters. The third kappa shape index (κ3) is 3.30. The van der Waals surface area contributed by atoms with Crippen molar-refractivity contribution < 1.29 is 14.7 Å². The minimum atomic E-state index is -0.814. The number of carbonyl (C=O) groups is 2. The van der Waals surface area contributed by atoms with Gasteiger partial charge >= 0.3 is 5.97 Å². The Morgan fingerprint density at radius 2 is 2.26 bits per heavy atom. The molecule has 2 heterocycles. The lowest BCUT2D eigenvalue weighted by atomic mass is 9.93. The van der Waals surface area contributed by atoms with Crippen LogP contribution in [0.15, 0.2) is 24.5 Å². The number of carbonyl (C=O) groups excluding carboxylic acids is 1. The lowest BCUT2D eigenvalue weighted by Crippen LogP contribution is -2.47. The quantitative estimate of drug-likeness (QED) is 0.892. The van der Waals surface area contributed by atoms with Crippen molar-refractivity contribution in [3.63, 3.8) is 0 Å². The van der Waals surface area contributed by atoms with Crippen LogP contribution in [0.2, 0.25) is 0 Å². The van der Waals surface area contributed by atoms with Crippen molar-refractivity contribution in [3.8, 4) is 0 Å². The van der Waals surface area contributed by atoms with E-state index < -0.39 is 11.9 Å². The molecule has 2 atom stereocenters. The van der Waals surface area contributed by atoms with Crippen molar-refractivity contribution in [2.45, 2.75) is 32.2 Å². The molecule has 1 N–H and O–H groups in total. The molecule has 1 saturated heterocycles. The van der Waals surface area contributed by atoms with Crippen molar-refractivity contribution in [3.05, 3.63) is 30.1 Å². The number of hydrogen-bond acceptors (Lipinski definition) is 3. The first kappa shape index (κ1) is 13.5. The molecule has 0 spiro atoms. The maximum Gasteiger partial charge on any atom is 0.308 e. The van der Waals surface area contributed by atoms with Crippen molar-refractivity contribution in [2.75, 3.05) is 6.54 Å². The Morgan fingerprint density at radius 3 is 2.89 bits per heavy atom. The zero-order valence-corrected chi connectivity index (χ0v) is 11.0. The zero-order valence-electron chi connectivity index (χ0n) is 11.0. The number of aromatic nitrogens is 1. The number of nitrogens with zero attached hydrogens (tertiary/aromatic N) is 2. The van der Waals surface area contributed by atoms with Crippen LogP contribution >= 0.6 is 0 Å². The predicted octanol–water partition coefficient (Wildman–Crippen LogP) is 1.34. The molecular formula is C14H18N2O3. The monoisotopic (exact) mass is 262 g/mol. The van der Waals surface area contributed by atoms with E-state index in [4.69, 9.17) is 5.11 Å². The van der Waals surface area contributed by atoms with E-state index in [2.05, 4.69) is 4.98 Å². The van der Waals surface area contributed by atoms with Crippen LogP contribution in [0.25, 0.3) is 0 Å². The first-order valence-corrected chi connectivity index (χ1v) is 6.49. The third-order valence-electron chi connectivity index (χ3n) is 3.63. The molecule has 1 aromatic rings. The molecule has 1 amide bonds. The van der Waals surface area contributed by atoms with Crippen molar-refractivity contribution in [1.29, 1.82) is 0 Å². The summed E-state index contributed by atoms with van der Waals surface area (Å²) in [7, 11) is 0. The molecule has 5 nitrogen and oxygen atoms in total. The van der Waals surface area contributed by atoms with Gasteiger partial charge in [-0.2, -0.15) is 0 Å². The Morgan fingerprint density at radius 1 is 1.47 bits per heavy atom. The van der Waals surface area contributed by atoms with Crippen molar-refractivity contribution in [1.82, 2.24) is 9.88 Å². The molecule has 1 aliphatic rings. The first-order valence-electron chi connectivity index (χ1n) is 6.49. The molecule has 102 valence electrons. The summed E-state index contributed by atoms with van der Waals surface area (Å²) in [5.74, 6) is -1.27. The lowest BCUT2D eigenvalue weighted by molar-refractivity contribution is -0.146. The van der Waals surface area contributed by atoms with Crippen LogP contribution in [-0.4, -0.2) is 39.5 Å². The van der Waals surface area contributed by atoms with Gasteiger partial charge in [0.15, 0.2) is 0 Å². The number of carboxylic acid groups (broad SMARTS) is 1. The fourth-order valence-electron chi connectivity index (χ4n) is 2.43. The van der Waals surface area contributed by atoms with Gasteiger partial charge in [-0.3, -0.25) is 14.6 Å². The van der Waals surface area contributed by atoms with Gasteiger partial charge in [-0.05, 0) is 31.4 Å². The Labute approximate surface area is 112 Å². The van der Waals surface area contributed by atoms with E-state index in [1.807, 2.05) is 13.0 Å². The normalized spacial score (nSPS) is 23.1. The number of hydrogen-bond donors (Lipinski definition) is 1. The molecule has 1 aliphatic heterocycles. The summed E-state index contributed by atoms with van der Waals surface area (Å²) < 4.78 is 0. The summed E-state index contributed by atoms with van der Waals surface area (Å²) in [5.41, 5.74) is 0.858. The Bertz CT molecular complexity index is 461. The Hall–Kier alpha value is -1.91. The van der Waals surface area contributed by atoms with E-state index in [0.717, 1.165) is 12.0 Å². The molecule has 1 fully saturated rings. The summed E-state index contributed by atoms with van der Waals surface area (Å²) >= 11 is 0. The SMILES string of the molecule is C[C@H]1CC[C@@H](C(=O)O)CN1C(=O)Cc1cccnc1. The lowest BCUT2D eigenvalue weighted by Gasteiger charge is -2.36. The molecule has 1 aromatic heterocycles. The predicted molar refractivity (Wildman–Crippen MR) is 69.5 cm³/mol. The minimum Gasteiger partial charge on any atom is -0.481 e. The smallest absolute Gasteiger partial charge is 0.308 e. The molecule has 5 heteroatoms. The van der Waals surface area contributed by atoms with Crippen LogP contribution in [0.4, 0.5) is 0 Å². The highest BCUT2D eigenvalue weighted by Gasteiger charge is 2.32. The molecule has 0 saturated carbocycles. The Kier molecular flexibility index (Phi) is 4.14. The van der Waals surface area contributed by atoms with E-state index in [-0.39, 0.29) is 18.4 Å². The first-order chi connectivity index (χ1) is 9.08. The largest absolute Gasteiger partial charge is 0.481 e. The second-order valence-corrected chi connectivity index (χ2v) is 5.05. The highest BCUT2D eigenvalue weighted by atomic mass is 16.4. The average Bonchev–Trinajstić information content (AvgIpc) is 2.40. The molecule has 19 heavy (non-hydrogen) atoms. The van der Waals surface area contributed by atoms with Crippen molar-refractivity contribution in [2.24, 2.45) is 5.92 Å². The van der Waals surface area contributed by atoms with E-state index in [0.29, 0.717) is 13.0 Å². The van der Waals surface area contributed by atoms with E-state index in [1.165, 1.54) is 0 Å². The highest BCUT2D eigenvalue weighted by molar-refractivity contribution is 5.80. The Balaban J connectivity index is 2.02. The van der Waals surface area contributed by atoms with Gasteiger partial charge in [-0.15, -0.1) is 0 Å². The molecular weight excluding hydrogens is 244 g/mol. The van der Waals surface area contributed by atoms with Gasteiger partial charge in [0.1, 0.15) is 0 Å². The number of aliphatic carboxylic acids is 1. The average molecular weight is 262 g/mol. The zero-order chi connectivity index (χ0) is 13.8. The van der Waals surface area contributed by atoms with Crippen LogP contribution in [0.5, 0.6) is 0 Å². The van der Waals surface area contributed by atoms with Gasteiger partial charge in [-0.25, -0.2) is 0 Å². The van der Waals surface area contributed by atoms with Gasteiger partial charge in [-0.1, -0.05) is 6.07 Å². The molecule has 0 bridgehead atoms. The fourth-order valence-corrected chi connectivity index (χ4v) is 2.43. The standard InChI is InChI=1S/C14H18N2O3/c1-10-4-5-12(14(18)19)9-16(10)13(17)7-11-3-2-6-15-8-11/h2-3,6,8,10,12H,4-5,7,9H2,1H3,(H,18,19)/t10-,12+/m0/s1. The van der Waals surface area contributed by atoms with Gasteiger partial charge in [0.2, 0.25) is 5.91 Å². The van der Waals surface area contributed by atoms with Crippen molar-refractivity contribution >= 4 is 11.9 Å². The molecule has 0 aliphatic carbocycles. The second-order valence-electron chi connectivity index (χ2n) is 5.05. The summed E-state index contributed by atoms with van der Waals surface area (Å²) in [4.78, 5) is 29.0. The molecule has 0 radical (unpaired) electrons. The number of pyridine rings is 1. The van der Waals surface area contributed by atoms with Crippen LogP contribution in [0.3, 0.4) is 0 Å². The van der Waals surface area contributed by atoms with Gasteiger partial charge < -0.3 is 10.0 Å². The fraction of sp³-hybridized carbons (Fsp3) is 0.500. The maximum absolute atomic E-state index is 12.3. The summed E-state index contributed by atoms with van der Waals surface area (Å²) in [6, 6.07) is 3.76. The van der Waals surface area contributed by atoms with Crippen LogP contribution < -0.4 is 0 Å². The van der Waals surface area contributed by atoms with E-state index in [1.54, 1.807) is 23.4 Å². The van der Waals surface area contributed by atoms with Gasteiger partial charge in [0, 0.05) is 25.0 Å². The van der Waals surface area contributed by atoms with Gasteiger partial charge in [0.05, 0.1) is 12.3 Å². The number of likely N-dealkylation sites (tertiary alicyclic amines) is 1. The van der Waals surface area contributed by atoms with Crippen LogP contribution in [-0.2, 0) is 16.0 Å². The maximum atomic E-state index is 12.3. The molecule has 2 rings (SSSR count). The third-order valence-corrected chi connectivity index (χ3v) is 3.63. The van der Waals surface area contributed by atoms with Crippen LogP contribution in [0, 0.1) is 5.92 Å². The summed E-state index contributed by atoms with van der Waals surface area (Å²) in [5, 5.41) is 9.07.